The van der Waals surface area contributed by atoms with Crippen LogP contribution < -0.4 is 10.6 Å². The fourth-order valence-electron chi connectivity index (χ4n) is 2.62. The zero-order chi connectivity index (χ0) is 9.86. The van der Waals surface area contributed by atoms with Gasteiger partial charge in [0.2, 0.25) is 0 Å². The van der Waals surface area contributed by atoms with Gasteiger partial charge < -0.3 is 5.32 Å². The Hall–Kier alpha value is -0.590. The number of rotatable bonds is 2. The van der Waals surface area contributed by atoms with Gasteiger partial charge in [0.1, 0.15) is 5.54 Å². The van der Waals surface area contributed by atoms with Crippen LogP contribution in [0, 0.1) is 11.3 Å². The van der Waals surface area contributed by atoms with Gasteiger partial charge in [-0.1, -0.05) is 12.8 Å². The first-order valence-corrected chi connectivity index (χ1v) is 5.74. The molecule has 0 radical (unpaired) electrons. The van der Waals surface area contributed by atoms with Crippen LogP contribution in [0.1, 0.15) is 38.5 Å². The third-order valence-electron chi connectivity index (χ3n) is 3.43. The molecule has 1 saturated heterocycles. The van der Waals surface area contributed by atoms with Gasteiger partial charge in [0.15, 0.2) is 0 Å². The van der Waals surface area contributed by atoms with Gasteiger partial charge in [0.05, 0.1) is 6.07 Å². The van der Waals surface area contributed by atoms with Crippen molar-refractivity contribution in [3.63, 3.8) is 0 Å². The predicted octanol–water partition coefficient (Wildman–Crippen LogP) is 1.16. The van der Waals surface area contributed by atoms with E-state index < -0.39 is 0 Å². The van der Waals surface area contributed by atoms with Gasteiger partial charge in [-0.25, -0.2) is 0 Å². The molecule has 2 rings (SSSR count). The van der Waals surface area contributed by atoms with Crippen molar-refractivity contribution in [1.82, 2.24) is 10.6 Å². The molecule has 78 valence electrons. The summed E-state index contributed by atoms with van der Waals surface area (Å²) in [6.07, 6.45) is 7.28. The van der Waals surface area contributed by atoms with E-state index in [1.165, 1.54) is 25.7 Å². The summed E-state index contributed by atoms with van der Waals surface area (Å²) >= 11 is 0. The molecule has 2 aliphatic rings. The molecular formula is C11H19N3. The highest BCUT2D eigenvalue weighted by molar-refractivity contribution is 5.11. The van der Waals surface area contributed by atoms with Crippen molar-refractivity contribution in [2.45, 2.75) is 50.1 Å². The number of hydrogen-bond donors (Lipinski definition) is 2. The monoisotopic (exact) mass is 193 g/mol. The average Bonchev–Trinajstić information content (AvgIpc) is 2.72. The summed E-state index contributed by atoms with van der Waals surface area (Å²) in [5, 5.41) is 16.1. The molecule has 3 nitrogen and oxygen atoms in total. The third kappa shape index (κ3) is 2.08. The molecule has 2 N–H and O–H groups in total. The van der Waals surface area contributed by atoms with Gasteiger partial charge in [0, 0.05) is 12.6 Å². The van der Waals surface area contributed by atoms with E-state index in [0.717, 1.165) is 25.9 Å². The molecule has 0 aromatic heterocycles. The summed E-state index contributed by atoms with van der Waals surface area (Å²) in [7, 11) is 0. The second kappa shape index (κ2) is 4.29. The van der Waals surface area contributed by atoms with E-state index in [4.69, 9.17) is 0 Å². The quantitative estimate of drug-likeness (QED) is 0.692. The lowest BCUT2D eigenvalue weighted by Crippen LogP contribution is -2.57. The minimum absolute atomic E-state index is 0.271. The van der Waals surface area contributed by atoms with E-state index in [1.54, 1.807) is 0 Å². The highest BCUT2D eigenvalue weighted by Gasteiger charge is 2.34. The number of nitriles is 1. The molecule has 0 aromatic carbocycles. The Morgan fingerprint density at radius 3 is 2.64 bits per heavy atom. The van der Waals surface area contributed by atoms with Crippen LogP contribution in [0.15, 0.2) is 0 Å². The third-order valence-corrected chi connectivity index (χ3v) is 3.43. The second-order valence-corrected chi connectivity index (χ2v) is 4.60. The molecular weight excluding hydrogens is 174 g/mol. The van der Waals surface area contributed by atoms with Crippen molar-refractivity contribution in [1.29, 1.82) is 5.26 Å². The van der Waals surface area contributed by atoms with Crippen LogP contribution in [0.4, 0.5) is 0 Å². The molecule has 1 atom stereocenters. The Balaban J connectivity index is 1.93. The lowest BCUT2D eigenvalue weighted by molar-refractivity contribution is 0.283. The van der Waals surface area contributed by atoms with Crippen molar-refractivity contribution in [2.75, 3.05) is 13.1 Å². The number of nitrogens with zero attached hydrogens (tertiary/aromatic N) is 1. The standard InChI is InChI=1S/C11H19N3/c12-8-11(6-3-7-13-9-11)14-10-4-1-2-5-10/h10,13-14H,1-7,9H2. The predicted molar refractivity (Wildman–Crippen MR) is 55.8 cm³/mol. The highest BCUT2D eigenvalue weighted by Crippen LogP contribution is 2.23. The molecule has 1 aliphatic carbocycles. The summed E-state index contributed by atoms with van der Waals surface area (Å²) in [5.41, 5.74) is -0.271. The number of piperidine rings is 1. The van der Waals surface area contributed by atoms with Crippen molar-refractivity contribution in [3.05, 3.63) is 0 Å². The van der Waals surface area contributed by atoms with E-state index in [-0.39, 0.29) is 5.54 Å². The van der Waals surface area contributed by atoms with Gasteiger partial charge in [-0.05, 0) is 32.2 Å². The smallest absolute Gasteiger partial charge is 0.119 e. The molecule has 0 aromatic rings. The Morgan fingerprint density at radius 2 is 2.07 bits per heavy atom. The van der Waals surface area contributed by atoms with E-state index in [9.17, 15) is 5.26 Å². The maximum absolute atomic E-state index is 9.25. The Bertz CT molecular complexity index is 219. The van der Waals surface area contributed by atoms with Crippen molar-refractivity contribution in [2.24, 2.45) is 0 Å². The molecule has 0 bridgehead atoms. The minimum Gasteiger partial charge on any atom is -0.314 e. The van der Waals surface area contributed by atoms with Crippen molar-refractivity contribution in [3.8, 4) is 6.07 Å². The van der Waals surface area contributed by atoms with Crippen molar-refractivity contribution < 1.29 is 0 Å². The maximum atomic E-state index is 9.25. The molecule has 3 heteroatoms. The van der Waals surface area contributed by atoms with Crippen LogP contribution in [0.2, 0.25) is 0 Å². The SMILES string of the molecule is N#CC1(NC2CCCC2)CCCNC1. The first-order valence-electron chi connectivity index (χ1n) is 5.74. The van der Waals surface area contributed by atoms with Crippen LogP contribution in [-0.4, -0.2) is 24.7 Å². The van der Waals surface area contributed by atoms with Crippen molar-refractivity contribution >= 4 is 0 Å². The van der Waals surface area contributed by atoms with Gasteiger partial charge >= 0.3 is 0 Å². The summed E-state index contributed by atoms with van der Waals surface area (Å²) < 4.78 is 0. The minimum atomic E-state index is -0.271. The van der Waals surface area contributed by atoms with Crippen LogP contribution in [0.25, 0.3) is 0 Å². The summed E-state index contributed by atoms with van der Waals surface area (Å²) in [6, 6.07) is 3.06. The van der Waals surface area contributed by atoms with E-state index in [2.05, 4.69) is 16.7 Å². The number of hydrogen-bond acceptors (Lipinski definition) is 3. The van der Waals surface area contributed by atoms with E-state index >= 15 is 0 Å². The molecule has 1 saturated carbocycles. The zero-order valence-electron chi connectivity index (χ0n) is 8.68. The molecule has 14 heavy (non-hydrogen) atoms. The summed E-state index contributed by atoms with van der Waals surface area (Å²) in [4.78, 5) is 0. The molecule has 2 fully saturated rings. The highest BCUT2D eigenvalue weighted by atomic mass is 15.1. The molecule has 1 unspecified atom stereocenters. The van der Waals surface area contributed by atoms with Crippen LogP contribution in [0.3, 0.4) is 0 Å². The Labute approximate surface area is 85.9 Å². The fourth-order valence-corrected chi connectivity index (χ4v) is 2.62. The number of nitrogens with one attached hydrogen (secondary N) is 2. The Kier molecular flexibility index (Phi) is 3.05. The maximum Gasteiger partial charge on any atom is 0.119 e. The van der Waals surface area contributed by atoms with Crippen LogP contribution >= 0.6 is 0 Å². The largest absolute Gasteiger partial charge is 0.314 e. The molecule has 0 spiro atoms. The first kappa shape index (κ1) is 9.95. The van der Waals surface area contributed by atoms with E-state index in [0.29, 0.717) is 6.04 Å². The second-order valence-electron chi connectivity index (χ2n) is 4.60. The average molecular weight is 193 g/mol. The van der Waals surface area contributed by atoms with Gasteiger partial charge in [-0.15, -0.1) is 0 Å². The fraction of sp³-hybridized carbons (Fsp3) is 0.909. The van der Waals surface area contributed by atoms with Crippen LogP contribution in [-0.2, 0) is 0 Å². The van der Waals surface area contributed by atoms with Gasteiger partial charge in [-0.3, -0.25) is 5.32 Å². The summed E-state index contributed by atoms with van der Waals surface area (Å²) in [5.74, 6) is 0. The van der Waals surface area contributed by atoms with E-state index in [1.807, 2.05) is 0 Å². The van der Waals surface area contributed by atoms with Gasteiger partial charge in [0.25, 0.3) is 0 Å². The molecule has 1 aliphatic heterocycles. The topological polar surface area (TPSA) is 47.9 Å². The normalized spacial score (nSPS) is 34.2. The van der Waals surface area contributed by atoms with Crippen LogP contribution in [0.5, 0.6) is 0 Å². The summed E-state index contributed by atoms with van der Waals surface area (Å²) in [6.45, 7) is 1.88. The van der Waals surface area contributed by atoms with Gasteiger partial charge in [-0.2, -0.15) is 5.26 Å². The first-order chi connectivity index (χ1) is 6.85. The Morgan fingerprint density at radius 1 is 1.29 bits per heavy atom. The lowest BCUT2D eigenvalue weighted by atomic mass is 9.90. The molecule has 0 amide bonds. The molecule has 1 heterocycles. The lowest BCUT2D eigenvalue weighted by Gasteiger charge is -2.34. The zero-order valence-corrected chi connectivity index (χ0v) is 8.68.